The molecule has 2 unspecified atom stereocenters. The molecule has 0 radical (unpaired) electrons. The average molecular weight is 240 g/mol. The van der Waals surface area contributed by atoms with E-state index in [0.717, 1.165) is 0 Å². The predicted molar refractivity (Wildman–Crippen MR) is 67.0 cm³/mol. The lowest BCUT2D eigenvalue weighted by atomic mass is 9.86. The molecule has 4 heteroatoms. The van der Waals surface area contributed by atoms with Crippen molar-refractivity contribution in [1.29, 1.82) is 0 Å². The fraction of sp³-hybridized carbons (Fsp3) is 0.538. The summed E-state index contributed by atoms with van der Waals surface area (Å²) >= 11 is 0. The van der Waals surface area contributed by atoms with Crippen LogP contribution >= 0.6 is 0 Å². The van der Waals surface area contributed by atoms with Gasteiger partial charge in [-0.2, -0.15) is 0 Å². The molecular weight excluding hydrogens is 219 g/mol. The molecule has 0 spiro atoms. The van der Waals surface area contributed by atoms with Gasteiger partial charge in [-0.1, -0.05) is 26.8 Å². The third-order valence-electron chi connectivity index (χ3n) is 3.30. The summed E-state index contributed by atoms with van der Waals surface area (Å²) in [4.78, 5) is 0. The second kappa shape index (κ2) is 5.98. The van der Waals surface area contributed by atoms with Gasteiger partial charge in [0.05, 0.1) is 13.2 Å². The Morgan fingerprint density at radius 2 is 1.94 bits per heavy atom. The van der Waals surface area contributed by atoms with Crippen LogP contribution in [0.15, 0.2) is 18.2 Å². The zero-order valence-electron chi connectivity index (χ0n) is 10.8. The summed E-state index contributed by atoms with van der Waals surface area (Å²) in [5.41, 5.74) is 3.28. The fourth-order valence-electron chi connectivity index (χ4n) is 1.80. The first kappa shape index (κ1) is 13.9. The Hall–Kier alpha value is -1.13. The van der Waals surface area contributed by atoms with Crippen LogP contribution in [0.25, 0.3) is 0 Å². The topological polar surface area (TPSA) is 47.3 Å². The van der Waals surface area contributed by atoms with E-state index in [1.807, 2.05) is 0 Å². The molecule has 3 nitrogen and oxygen atoms in total. The van der Waals surface area contributed by atoms with Gasteiger partial charge >= 0.3 is 0 Å². The highest BCUT2D eigenvalue weighted by molar-refractivity contribution is 5.31. The SMILES string of the molecule is COc1ccc(C(NN)C(C)C(C)C)c(F)c1. The van der Waals surface area contributed by atoms with E-state index in [-0.39, 0.29) is 17.8 Å². The van der Waals surface area contributed by atoms with E-state index in [9.17, 15) is 4.39 Å². The van der Waals surface area contributed by atoms with Gasteiger partial charge in [0.25, 0.3) is 0 Å². The Balaban J connectivity index is 3.04. The Kier molecular flexibility index (Phi) is 4.90. The minimum atomic E-state index is -0.292. The van der Waals surface area contributed by atoms with Crippen LogP contribution < -0.4 is 16.0 Å². The molecule has 17 heavy (non-hydrogen) atoms. The number of hydrogen-bond donors (Lipinski definition) is 2. The number of halogens is 1. The molecule has 3 N–H and O–H groups in total. The van der Waals surface area contributed by atoms with Crippen molar-refractivity contribution in [2.75, 3.05) is 7.11 Å². The lowest BCUT2D eigenvalue weighted by molar-refractivity contribution is 0.299. The van der Waals surface area contributed by atoms with Gasteiger partial charge in [0.1, 0.15) is 11.6 Å². The molecule has 1 aromatic carbocycles. The van der Waals surface area contributed by atoms with Gasteiger partial charge in [0.15, 0.2) is 0 Å². The van der Waals surface area contributed by atoms with E-state index in [4.69, 9.17) is 10.6 Å². The van der Waals surface area contributed by atoms with Crippen molar-refractivity contribution in [1.82, 2.24) is 5.43 Å². The largest absolute Gasteiger partial charge is 0.497 e. The summed E-state index contributed by atoms with van der Waals surface area (Å²) in [7, 11) is 1.52. The van der Waals surface area contributed by atoms with Crippen molar-refractivity contribution in [2.45, 2.75) is 26.8 Å². The minimum Gasteiger partial charge on any atom is -0.497 e. The van der Waals surface area contributed by atoms with Crippen molar-refractivity contribution in [2.24, 2.45) is 17.7 Å². The van der Waals surface area contributed by atoms with E-state index in [2.05, 4.69) is 26.2 Å². The van der Waals surface area contributed by atoms with Gasteiger partial charge in [0, 0.05) is 11.6 Å². The summed E-state index contributed by atoms with van der Waals surface area (Å²) in [5.74, 6) is 6.41. The zero-order valence-corrected chi connectivity index (χ0v) is 10.8. The fourth-order valence-corrected chi connectivity index (χ4v) is 1.80. The van der Waals surface area contributed by atoms with Crippen LogP contribution in [0, 0.1) is 17.7 Å². The summed E-state index contributed by atoms with van der Waals surface area (Å²) < 4.78 is 18.9. The van der Waals surface area contributed by atoms with Gasteiger partial charge in [0.2, 0.25) is 0 Å². The lowest BCUT2D eigenvalue weighted by Crippen LogP contribution is -2.35. The molecule has 1 aromatic rings. The number of benzene rings is 1. The highest BCUT2D eigenvalue weighted by Gasteiger charge is 2.23. The average Bonchev–Trinajstić information content (AvgIpc) is 2.31. The monoisotopic (exact) mass is 240 g/mol. The minimum absolute atomic E-state index is 0.194. The maximum atomic E-state index is 13.9. The van der Waals surface area contributed by atoms with Gasteiger partial charge in [-0.3, -0.25) is 11.3 Å². The first-order valence-corrected chi connectivity index (χ1v) is 5.80. The van der Waals surface area contributed by atoms with Crippen molar-refractivity contribution >= 4 is 0 Å². The molecule has 0 bridgehead atoms. The Bertz CT molecular complexity index is 368. The Morgan fingerprint density at radius 1 is 1.29 bits per heavy atom. The number of ether oxygens (including phenoxy) is 1. The number of hydrogen-bond acceptors (Lipinski definition) is 3. The van der Waals surface area contributed by atoms with Crippen LogP contribution in [-0.4, -0.2) is 7.11 Å². The maximum Gasteiger partial charge on any atom is 0.131 e. The molecule has 0 aliphatic rings. The highest BCUT2D eigenvalue weighted by Crippen LogP contribution is 2.30. The van der Waals surface area contributed by atoms with E-state index in [1.165, 1.54) is 13.2 Å². The molecular formula is C13H21FN2O. The molecule has 96 valence electrons. The normalized spacial score (nSPS) is 14.8. The Morgan fingerprint density at radius 3 is 2.35 bits per heavy atom. The van der Waals surface area contributed by atoms with Gasteiger partial charge in [-0.25, -0.2) is 4.39 Å². The Labute approximate surface area is 102 Å². The third-order valence-corrected chi connectivity index (χ3v) is 3.30. The molecule has 0 saturated heterocycles. The van der Waals surface area contributed by atoms with Crippen LogP contribution in [0.4, 0.5) is 4.39 Å². The van der Waals surface area contributed by atoms with E-state index < -0.39 is 0 Å². The predicted octanol–water partition coefficient (Wildman–Crippen LogP) is 2.63. The molecule has 0 heterocycles. The standard InChI is InChI=1S/C13H21FN2O/c1-8(2)9(3)13(16-15)11-6-5-10(17-4)7-12(11)14/h5-9,13,16H,15H2,1-4H3. The second-order valence-corrected chi connectivity index (χ2v) is 4.63. The van der Waals surface area contributed by atoms with Crippen LogP contribution in [-0.2, 0) is 0 Å². The van der Waals surface area contributed by atoms with Gasteiger partial charge in [-0.15, -0.1) is 0 Å². The molecule has 0 aliphatic carbocycles. The number of methoxy groups -OCH3 is 1. The molecule has 2 atom stereocenters. The van der Waals surface area contributed by atoms with E-state index in [0.29, 0.717) is 17.2 Å². The lowest BCUT2D eigenvalue weighted by Gasteiger charge is -2.27. The number of nitrogens with two attached hydrogens (primary N) is 1. The van der Waals surface area contributed by atoms with Crippen LogP contribution in [0.1, 0.15) is 32.4 Å². The first-order chi connectivity index (χ1) is 8.01. The van der Waals surface area contributed by atoms with Crippen molar-refractivity contribution in [3.05, 3.63) is 29.6 Å². The first-order valence-electron chi connectivity index (χ1n) is 5.80. The summed E-state index contributed by atoms with van der Waals surface area (Å²) in [6.45, 7) is 6.24. The van der Waals surface area contributed by atoms with E-state index in [1.54, 1.807) is 12.1 Å². The molecule has 1 rings (SSSR count). The second-order valence-electron chi connectivity index (χ2n) is 4.63. The number of nitrogens with one attached hydrogen (secondary N) is 1. The summed E-state index contributed by atoms with van der Waals surface area (Å²) in [6, 6.07) is 4.65. The molecule has 0 aromatic heterocycles. The van der Waals surface area contributed by atoms with Crippen molar-refractivity contribution in [3.8, 4) is 5.75 Å². The molecule has 0 amide bonds. The summed E-state index contributed by atoms with van der Waals surface area (Å²) in [6.07, 6.45) is 0. The van der Waals surface area contributed by atoms with Crippen molar-refractivity contribution in [3.63, 3.8) is 0 Å². The van der Waals surface area contributed by atoms with Crippen LogP contribution in [0.5, 0.6) is 5.75 Å². The number of rotatable bonds is 5. The molecule has 0 saturated carbocycles. The van der Waals surface area contributed by atoms with Crippen LogP contribution in [0.3, 0.4) is 0 Å². The zero-order chi connectivity index (χ0) is 13.0. The van der Waals surface area contributed by atoms with Gasteiger partial charge in [-0.05, 0) is 17.9 Å². The number of hydrazine groups is 1. The van der Waals surface area contributed by atoms with E-state index >= 15 is 0 Å². The summed E-state index contributed by atoms with van der Waals surface area (Å²) in [5, 5.41) is 0. The maximum absolute atomic E-state index is 13.9. The smallest absolute Gasteiger partial charge is 0.131 e. The quantitative estimate of drug-likeness (QED) is 0.614. The third kappa shape index (κ3) is 3.17. The molecule has 0 aliphatic heterocycles. The highest BCUT2D eigenvalue weighted by atomic mass is 19.1. The molecule has 0 fully saturated rings. The van der Waals surface area contributed by atoms with Gasteiger partial charge < -0.3 is 4.74 Å². The van der Waals surface area contributed by atoms with Crippen LogP contribution in [0.2, 0.25) is 0 Å². The van der Waals surface area contributed by atoms with Crippen molar-refractivity contribution < 1.29 is 9.13 Å².